The summed E-state index contributed by atoms with van der Waals surface area (Å²) in [6, 6.07) is -7.68. The van der Waals surface area contributed by atoms with Crippen molar-refractivity contribution in [2.75, 3.05) is 39.3 Å². The molecule has 2 aliphatic carbocycles. The number of primary amides is 2. The van der Waals surface area contributed by atoms with E-state index in [4.69, 9.17) is 40.1 Å². The van der Waals surface area contributed by atoms with Gasteiger partial charge >= 0.3 is 5.97 Å². The molecule has 1 aromatic rings. The van der Waals surface area contributed by atoms with Crippen LogP contribution < -0.4 is 125 Å². The van der Waals surface area contributed by atoms with Gasteiger partial charge in [0, 0.05) is 76.5 Å². The van der Waals surface area contributed by atoms with Crippen LogP contribution in [0.5, 0.6) is 0 Å². The zero-order valence-electron chi connectivity index (χ0n) is 74.3. The number of aliphatic carboxylic acids is 1. The molecule has 0 unspecified atom stereocenters. The average Bonchev–Trinajstić information content (AvgIpc) is 1.69. The molecular weight excluding hydrogens is 1650 g/mol. The number of nitrogens with zero attached hydrogens (tertiary/aromatic N) is 2. The van der Waals surface area contributed by atoms with Gasteiger partial charge in [0.25, 0.3) is 0 Å². The van der Waals surface area contributed by atoms with Crippen molar-refractivity contribution in [3.8, 4) is 0 Å². The van der Waals surface area contributed by atoms with Crippen molar-refractivity contribution in [1.29, 1.82) is 0 Å². The van der Waals surface area contributed by atoms with E-state index < -0.39 is 222 Å². The van der Waals surface area contributed by atoms with E-state index in [1.165, 1.54) is 20.8 Å². The Hall–Kier alpha value is -11.9. The molecule has 3 fully saturated rings. The third kappa shape index (κ3) is 41.0. The number of carbonyl (C=O) groups is 18. The molecule has 0 aromatic heterocycles. The first-order chi connectivity index (χ1) is 60.1. The van der Waals surface area contributed by atoms with Crippen LogP contribution in [-0.2, 0) is 92.7 Å². The fourth-order valence-corrected chi connectivity index (χ4v) is 15.2. The third-order valence-corrected chi connectivity index (χ3v) is 21.9. The zero-order chi connectivity index (χ0) is 94.6. The molecule has 44 nitrogen and oxygen atoms in total. The molecule has 31 N–H and O–H groups in total. The fourth-order valence-electron chi connectivity index (χ4n) is 15.2. The summed E-state index contributed by atoms with van der Waals surface area (Å²) in [5.41, 5.74) is 39.2. The highest BCUT2D eigenvalue weighted by Gasteiger charge is 2.42. The lowest BCUT2D eigenvalue weighted by atomic mass is 9.97. The van der Waals surface area contributed by atoms with Crippen LogP contribution in [0.15, 0.2) is 40.3 Å². The van der Waals surface area contributed by atoms with Crippen LogP contribution in [0.3, 0.4) is 0 Å². The Morgan fingerprint density at radius 3 is 1.46 bits per heavy atom. The lowest BCUT2D eigenvalue weighted by molar-refractivity contribution is -0.141. The summed E-state index contributed by atoms with van der Waals surface area (Å²) in [6.07, 6.45) is 3.73. The normalized spacial score (nSPS) is 19.0. The maximum absolute atomic E-state index is 14.6. The Bertz CT molecular complexity index is 3940. The van der Waals surface area contributed by atoms with E-state index in [2.05, 4.69) is 95.1 Å². The Kier molecular flexibility index (Phi) is 47.6. The van der Waals surface area contributed by atoms with E-state index >= 15 is 0 Å². The molecule has 1 aliphatic heterocycles. The largest absolute Gasteiger partial charge is 0.481 e. The molecule has 2 saturated carbocycles. The highest BCUT2D eigenvalue weighted by molar-refractivity contribution is 5.99. The maximum atomic E-state index is 14.6. The second kappa shape index (κ2) is 56.3. The number of hydrogen-bond donors (Lipinski definition) is 24. The molecule has 4 rings (SSSR count). The number of guanidine groups is 2. The number of carbonyl (C=O) groups excluding carboxylic acids is 17. The third-order valence-electron chi connectivity index (χ3n) is 21.9. The van der Waals surface area contributed by atoms with Crippen molar-refractivity contribution in [2.45, 2.75) is 294 Å². The first-order valence-corrected chi connectivity index (χ1v) is 43.9. The van der Waals surface area contributed by atoms with Gasteiger partial charge in [0.2, 0.25) is 100 Å². The van der Waals surface area contributed by atoms with E-state index in [0.717, 1.165) is 0 Å². The number of unbranched alkanes of at least 4 members (excludes halogenated alkanes) is 2. The van der Waals surface area contributed by atoms with E-state index in [1.54, 1.807) is 30.3 Å². The minimum Gasteiger partial charge on any atom is -0.481 e. The van der Waals surface area contributed by atoms with E-state index in [0.29, 0.717) is 95.7 Å². The van der Waals surface area contributed by atoms with Crippen molar-refractivity contribution < 1.29 is 91.4 Å². The number of nitrogens with two attached hydrogens (primary N) is 7. The molecule has 17 atom stereocenters. The van der Waals surface area contributed by atoms with Gasteiger partial charge in [-0.3, -0.25) is 96.3 Å². The molecule has 3 aliphatic rings. The molecule has 1 heterocycles. The molecular formula is C83H139N25O19. The van der Waals surface area contributed by atoms with Gasteiger partial charge in [-0.25, -0.2) is 0 Å². The number of rotatable bonds is 58. The molecule has 0 radical (unpaired) electrons. The van der Waals surface area contributed by atoms with Crippen LogP contribution in [-0.4, -0.2) is 247 Å². The highest BCUT2D eigenvalue weighted by Crippen LogP contribution is 2.29. The Labute approximate surface area is 740 Å². The van der Waals surface area contributed by atoms with Gasteiger partial charge in [-0.2, -0.15) is 0 Å². The monoisotopic (exact) mass is 1790 g/mol. The Morgan fingerprint density at radius 1 is 0.433 bits per heavy atom. The first kappa shape index (κ1) is 107. The summed E-state index contributed by atoms with van der Waals surface area (Å²) < 4.78 is 0. The van der Waals surface area contributed by atoms with Gasteiger partial charge in [-0.05, 0) is 134 Å². The van der Waals surface area contributed by atoms with Crippen LogP contribution in [0.4, 0.5) is 0 Å². The van der Waals surface area contributed by atoms with Crippen molar-refractivity contribution in [2.24, 2.45) is 79.7 Å². The summed E-state index contributed by atoms with van der Waals surface area (Å²) in [6.45, 7) is 14.0. The number of nitrogens with one attached hydrogen (secondary N) is 16. The average molecular weight is 1790 g/mol. The molecule has 127 heavy (non-hydrogen) atoms. The summed E-state index contributed by atoms with van der Waals surface area (Å²) >= 11 is 0. The summed E-state index contributed by atoms with van der Waals surface area (Å²) in [5.74, 6) is -16.9. The van der Waals surface area contributed by atoms with Crippen LogP contribution in [0.25, 0.3) is 0 Å². The van der Waals surface area contributed by atoms with Gasteiger partial charge in [-0.1, -0.05) is 90.6 Å². The van der Waals surface area contributed by atoms with Crippen LogP contribution in [0.1, 0.15) is 209 Å². The highest BCUT2D eigenvalue weighted by atomic mass is 16.4. The van der Waals surface area contributed by atoms with Crippen molar-refractivity contribution in [3.63, 3.8) is 0 Å². The van der Waals surface area contributed by atoms with Crippen molar-refractivity contribution in [3.05, 3.63) is 35.9 Å². The minimum atomic E-state index is -1.85. The standard InChI is InChI=1S/C83H139N25O19/c1-9-10-22-50(37-66(111)94-43-68(113)101-63(40-69(114)115)79(125)96-47(7)72(118)107-61(36-49-20-12-11-13-21-49)80(126)108-62(39-65(85)110)81(127)104-57(70(86)116)28-18-33-92-82(87)88)98-76(122)59(25-14-15-32-84)105-73(119)52-23-16-27-56(52)103-78(124)60(31-30-44(2)3)106-74(120)53-24-17-26-55(53)102-77(123)58(29-19-34-93-83(89)90)100-67(112)38-51(35-45(4)5)99-71(117)46(6)95-75(121)54-41-91-42-64(54)97-48(8)109/h11-13,20-21,44-47,50-64,91H,9-10,14-19,22-43,84H2,1-8H3,(H2,85,110)(H2,86,116)(H,94,111)(H,95,121)(H,96,125)(H,97,109)(H,98,122)(H,99,117)(H,100,112)(H,101,113)(H,102,123)(H,103,124)(H,104,127)(H,105,119)(H,106,120)(H,107,118)(H,108,126)(H,114,115)(H4,87,88,92)(H4,89,90,93)/t46-,47-,50-,51-,52-,53-,54-,55-,56-,57-,58-,59-,60-,61-,62-,63-,64-/m0/s1. The quantitative estimate of drug-likeness (QED) is 0.0164. The van der Waals surface area contributed by atoms with E-state index in [1.807, 2.05) is 34.6 Å². The topological polar surface area (TPSA) is 727 Å². The van der Waals surface area contributed by atoms with Gasteiger partial charge in [0.1, 0.15) is 54.4 Å². The summed E-state index contributed by atoms with van der Waals surface area (Å²) in [5, 5.41) is 53.0. The minimum absolute atomic E-state index is 0.00108. The molecule has 17 amide bonds. The number of carboxylic acid groups (broad SMARTS) is 1. The van der Waals surface area contributed by atoms with Crippen LogP contribution >= 0.6 is 0 Å². The van der Waals surface area contributed by atoms with Crippen LogP contribution in [0.2, 0.25) is 0 Å². The Morgan fingerprint density at radius 2 is 0.921 bits per heavy atom. The number of amides is 17. The number of carboxylic acids is 1. The van der Waals surface area contributed by atoms with Crippen molar-refractivity contribution in [1.82, 2.24) is 85.1 Å². The zero-order valence-corrected chi connectivity index (χ0v) is 74.3. The molecule has 1 saturated heterocycles. The van der Waals surface area contributed by atoms with Gasteiger partial charge in [0.15, 0.2) is 11.9 Å². The predicted octanol–water partition coefficient (Wildman–Crippen LogP) is -5.46. The molecule has 0 bridgehead atoms. The van der Waals surface area contributed by atoms with Gasteiger partial charge < -0.3 is 130 Å². The molecule has 44 heteroatoms. The number of hydrogen-bond acceptors (Lipinski definition) is 22. The second-order valence-electron chi connectivity index (χ2n) is 33.8. The number of benzene rings is 1. The van der Waals surface area contributed by atoms with E-state index in [-0.39, 0.29) is 114 Å². The molecule has 710 valence electrons. The predicted molar refractivity (Wildman–Crippen MR) is 469 cm³/mol. The first-order valence-electron chi connectivity index (χ1n) is 43.9. The lowest BCUT2D eigenvalue weighted by Gasteiger charge is -2.29. The lowest BCUT2D eigenvalue weighted by Crippen LogP contribution is -2.59. The fraction of sp³-hybridized carbons (Fsp3) is 0.687. The summed E-state index contributed by atoms with van der Waals surface area (Å²) in [4.78, 5) is 252. The SMILES string of the molecule is CCCC[C@@H](CC(=O)NCC(=O)N[C@@H](CC(=O)O)C(=O)N[C@@H](C)C(=O)N[C@@H](Cc1ccccc1)C(=O)N[C@@H](CC(N)=O)C(=O)N[C@@H](CCCN=C(N)N)C(N)=O)NC(=O)[C@H](CCCCN)NC(=O)[C@H]1CCC[C@@H]1NC(=O)[C@H](CCC(C)C)NC(=O)[C@H]1CCC[C@@H]1NC(=O)[C@H](CCCN=C(N)N)NC(=O)C[C@H](CC(C)C)NC(=O)[C@H](C)NC(=O)[C@H]1CNC[C@@H]1NC(C)=O. The smallest absolute Gasteiger partial charge is 0.305 e. The van der Waals surface area contributed by atoms with E-state index in [9.17, 15) is 91.4 Å². The van der Waals surface area contributed by atoms with Gasteiger partial charge in [0.05, 0.1) is 43.2 Å². The summed E-state index contributed by atoms with van der Waals surface area (Å²) in [7, 11) is 0. The van der Waals surface area contributed by atoms with Crippen molar-refractivity contribution >= 4 is 118 Å². The molecule has 0 spiro atoms. The second-order valence-corrected chi connectivity index (χ2v) is 33.8. The Balaban J connectivity index is 1.41. The molecule has 1 aromatic carbocycles. The number of aliphatic imine (C=N–C) groups is 2. The maximum Gasteiger partial charge on any atom is 0.305 e. The van der Waals surface area contributed by atoms with Gasteiger partial charge in [-0.15, -0.1) is 0 Å². The van der Waals surface area contributed by atoms with Crippen LogP contribution in [0, 0.1) is 29.6 Å².